The molecule has 0 saturated carbocycles. The van der Waals surface area contributed by atoms with Gasteiger partial charge in [0.25, 0.3) is 0 Å². The van der Waals surface area contributed by atoms with E-state index in [2.05, 4.69) is 23.7 Å². The van der Waals surface area contributed by atoms with Gasteiger partial charge in [-0.15, -0.1) is 5.92 Å². The molecule has 2 nitrogen and oxygen atoms in total. The van der Waals surface area contributed by atoms with Gasteiger partial charge in [-0.05, 0) is 36.2 Å². The van der Waals surface area contributed by atoms with Crippen molar-refractivity contribution in [3.63, 3.8) is 0 Å². The van der Waals surface area contributed by atoms with Crippen molar-refractivity contribution in [2.45, 2.75) is 33.4 Å². The molecule has 0 heterocycles. The molecule has 2 aromatic carbocycles. The Morgan fingerprint density at radius 2 is 1.82 bits per heavy atom. The number of nitrogens with one attached hydrogen (secondary N) is 1. The number of rotatable bonds is 5. The molecule has 0 spiro atoms. The Bertz CT molecular complexity index is 874. The molecular weight excluding hydrogens is 363 g/mol. The summed E-state index contributed by atoms with van der Waals surface area (Å²) in [5.74, 6) is 5.64. The number of hydrogen-bond acceptors (Lipinski definition) is 2. The lowest BCUT2D eigenvalue weighted by Crippen LogP contribution is -2.09. The van der Waals surface area contributed by atoms with Crippen molar-refractivity contribution in [3.05, 3.63) is 70.8 Å². The minimum Gasteiger partial charge on any atom is -0.496 e. The second-order valence-electron chi connectivity index (χ2n) is 5.68. The molecule has 0 saturated heterocycles. The first kappa shape index (κ1) is 23.2. The summed E-state index contributed by atoms with van der Waals surface area (Å²) < 4.78 is 45.3. The quantitative estimate of drug-likeness (QED) is 0.644. The molecule has 0 fully saturated rings. The van der Waals surface area contributed by atoms with Gasteiger partial charge in [0.2, 0.25) is 0 Å². The molecule has 5 heteroatoms. The SMILES string of the molecule is C=C(NC)c1ccc(Cc2ccc(C#CC)c(C(F)(F)F)c2)c(OC)c1.CC. The van der Waals surface area contributed by atoms with E-state index >= 15 is 0 Å². The van der Waals surface area contributed by atoms with Crippen LogP contribution in [-0.2, 0) is 12.6 Å². The molecule has 150 valence electrons. The summed E-state index contributed by atoms with van der Waals surface area (Å²) in [7, 11) is 3.30. The Morgan fingerprint density at radius 1 is 1.14 bits per heavy atom. The third-order valence-electron chi connectivity index (χ3n) is 3.98. The van der Waals surface area contributed by atoms with Crippen LogP contribution in [0.4, 0.5) is 13.2 Å². The van der Waals surface area contributed by atoms with Crippen LogP contribution in [0, 0.1) is 11.8 Å². The van der Waals surface area contributed by atoms with Gasteiger partial charge >= 0.3 is 6.18 Å². The van der Waals surface area contributed by atoms with Gasteiger partial charge in [0.05, 0.1) is 12.7 Å². The van der Waals surface area contributed by atoms with E-state index in [4.69, 9.17) is 4.74 Å². The highest BCUT2D eigenvalue weighted by Crippen LogP contribution is 2.33. The first-order valence-corrected chi connectivity index (χ1v) is 8.97. The van der Waals surface area contributed by atoms with Crippen molar-refractivity contribution in [1.82, 2.24) is 5.32 Å². The number of benzene rings is 2. The van der Waals surface area contributed by atoms with Crippen LogP contribution in [0.25, 0.3) is 5.70 Å². The zero-order chi connectivity index (χ0) is 21.3. The number of halogens is 3. The molecule has 0 aliphatic carbocycles. The standard InChI is InChI=1S/C21H20F3NO.C2H6/c1-5-6-16-8-7-15(12-19(16)21(22,23)24)11-18-10-9-17(14(2)25-3)13-20(18)26-4;1-2/h7-10,12-13,25H,2,11H2,1,3-4H3;1-2H3. The molecule has 0 unspecified atom stereocenters. The molecule has 0 aliphatic heterocycles. The van der Waals surface area contributed by atoms with Crippen LogP contribution in [0.5, 0.6) is 5.75 Å². The monoisotopic (exact) mass is 389 g/mol. The first-order valence-electron chi connectivity index (χ1n) is 8.97. The van der Waals surface area contributed by atoms with Crippen molar-refractivity contribution < 1.29 is 17.9 Å². The van der Waals surface area contributed by atoms with Gasteiger partial charge in [-0.3, -0.25) is 0 Å². The maximum atomic E-state index is 13.3. The average molecular weight is 389 g/mol. The molecule has 2 rings (SSSR count). The fourth-order valence-corrected chi connectivity index (χ4v) is 2.62. The van der Waals surface area contributed by atoms with Gasteiger partial charge in [0.15, 0.2) is 0 Å². The van der Waals surface area contributed by atoms with Crippen LogP contribution in [0.1, 0.15) is 48.6 Å². The van der Waals surface area contributed by atoms with Gasteiger partial charge in [-0.25, -0.2) is 0 Å². The highest BCUT2D eigenvalue weighted by atomic mass is 19.4. The maximum absolute atomic E-state index is 13.3. The zero-order valence-corrected chi connectivity index (χ0v) is 16.9. The lowest BCUT2D eigenvalue weighted by atomic mass is 9.97. The van der Waals surface area contributed by atoms with E-state index in [0.717, 1.165) is 22.9 Å². The minimum absolute atomic E-state index is 0.0172. The molecule has 28 heavy (non-hydrogen) atoms. The predicted octanol–water partition coefficient (Wildman–Crippen LogP) is 5.89. The summed E-state index contributed by atoms with van der Waals surface area (Å²) in [5.41, 5.74) is 2.19. The minimum atomic E-state index is -4.45. The lowest BCUT2D eigenvalue weighted by molar-refractivity contribution is -0.137. The van der Waals surface area contributed by atoms with E-state index in [-0.39, 0.29) is 5.56 Å². The van der Waals surface area contributed by atoms with E-state index in [9.17, 15) is 13.2 Å². The normalized spacial score (nSPS) is 10.1. The topological polar surface area (TPSA) is 21.3 Å². The van der Waals surface area contributed by atoms with Crippen molar-refractivity contribution in [2.75, 3.05) is 14.2 Å². The summed E-state index contributed by atoms with van der Waals surface area (Å²) in [6.07, 6.45) is -4.13. The van der Waals surface area contributed by atoms with Crippen LogP contribution < -0.4 is 10.1 Å². The second kappa shape index (κ2) is 10.5. The summed E-state index contributed by atoms with van der Waals surface area (Å²) in [6.45, 7) is 9.41. The maximum Gasteiger partial charge on any atom is 0.417 e. The van der Waals surface area contributed by atoms with E-state index in [0.29, 0.717) is 17.7 Å². The van der Waals surface area contributed by atoms with Crippen LogP contribution in [0.3, 0.4) is 0 Å². The highest BCUT2D eigenvalue weighted by Gasteiger charge is 2.33. The molecule has 0 atom stereocenters. The Balaban J connectivity index is 0.00000190. The Morgan fingerprint density at radius 3 is 2.36 bits per heavy atom. The zero-order valence-electron chi connectivity index (χ0n) is 16.9. The number of alkyl halides is 3. The van der Waals surface area contributed by atoms with E-state index in [1.807, 2.05) is 32.0 Å². The largest absolute Gasteiger partial charge is 0.496 e. The third-order valence-corrected chi connectivity index (χ3v) is 3.98. The summed E-state index contributed by atoms with van der Waals surface area (Å²) in [6, 6.07) is 9.74. The second-order valence-corrected chi connectivity index (χ2v) is 5.68. The lowest BCUT2D eigenvalue weighted by Gasteiger charge is -2.14. The van der Waals surface area contributed by atoms with Crippen molar-refractivity contribution in [1.29, 1.82) is 0 Å². The van der Waals surface area contributed by atoms with E-state index in [1.165, 1.54) is 20.1 Å². The molecule has 0 radical (unpaired) electrons. The molecule has 1 N–H and O–H groups in total. The van der Waals surface area contributed by atoms with E-state index < -0.39 is 11.7 Å². The molecule has 2 aromatic rings. The molecule has 0 amide bonds. The summed E-state index contributed by atoms with van der Waals surface area (Å²) in [5, 5.41) is 2.96. The van der Waals surface area contributed by atoms with Gasteiger partial charge < -0.3 is 10.1 Å². The van der Waals surface area contributed by atoms with Gasteiger partial charge in [0.1, 0.15) is 5.75 Å². The van der Waals surface area contributed by atoms with Crippen molar-refractivity contribution in [3.8, 4) is 17.6 Å². The number of methoxy groups -OCH3 is 1. The predicted molar refractivity (Wildman–Crippen MR) is 109 cm³/mol. The Labute approximate surface area is 165 Å². The number of hydrogen-bond donors (Lipinski definition) is 1. The number of ether oxygens (including phenoxy) is 1. The molecule has 0 aromatic heterocycles. The Hall–Kier alpha value is -2.87. The van der Waals surface area contributed by atoms with Gasteiger partial charge in [-0.1, -0.05) is 44.5 Å². The van der Waals surface area contributed by atoms with Crippen LogP contribution in [-0.4, -0.2) is 14.2 Å². The van der Waals surface area contributed by atoms with Crippen LogP contribution in [0.15, 0.2) is 43.0 Å². The first-order chi connectivity index (χ1) is 13.3. The van der Waals surface area contributed by atoms with Crippen LogP contribution in [0.2, 0.25) is 0 Å². The fourth-order valence-electron chi connectivity index (χ4n) is 2.62. The van der Waals surface area contributed by atoms with Crippen LogP contribution >= 0.6 is 0 Å². The average Bonchev–Trinajstić information content (AvgIpc) is 2.69. The smallest absolute Gasteiger partial charge is 0.417 e. The van der Waals surface area contributed by atoms with Crippen molar-refractivity contribution in [2.24, 2.45) is 0 Å². The molecule has 0 bridgehead atoms. The highest BCUT2D eigenvalue weighted by molar-refractivity contribution is 5.64. The van der Waals surface area contributed by atoms with Crippen molar-refractivity contribution >= 4 is 5.70 Å². The fraction of sp³-hybridized carbons (Fsp3) is 0.304. The van der Waals surface area contributed by atoms with Gasteiger partial charge in [-0.2, -0.15) is 13.2 Å². The Kier molecular flexibility index (Phi) is 8.66. The van der Waals surface area contributed by atoms with Gasteiger partial charge in [0, 0.05) is 30.3 Å². The summed E-state index contributed by atoms with van der Waals surface area (Å²) >= 11 is 0. The third kappa shape index (κ3) is 5.82. The molecular formula is C23H26F3NO. The molecule has 0 aliphatic rings. The van der Waals surface area contributed by atoms with E-state index in [1.54, 1.807) is 13.1 Å². The summed E-state index contributed by atoms with van der Waals surface area (Å²) in [4.78, 5) is 0.